The van der Waals surface area contributed by atoms with Gasteiger partial charge in [0.15, 0.2) is 0 Å². The van der Waals surface area contributed by atoms with Gasteiger partial charge in [0.25, 0.3) is 0 Å². The lowest BCUT2D eigenvalue weighted by Crippen LogP contribution is -1.92. The number of halogens is 2. The smallest absolute Gasteiger partial charge is 0.240 e. The summed E-state index contributed by atoms with van der Waals surface area (Å²) in [5, 5.41) is 7.76. The third-order valence-corrected chi connectivity index (χ3v) is 0.347. The van der Waals surface area contributed by atoms with Crippen LogP contribution in [0.1, 0.15) is 6.42 Å². The summed E-state index contributed by atoms with van der Waals surface area (Å²) >= 11 is 0. The number of rotatable bonds is 2. The van der Waals surface area contributed by atoms with E-state index in [-0.39, 0.29) is 0 Å². The van der Waals surface area contributed by atoms with Gasteiger partial charge in [0, 0.05) is 13.0 Å². The zero-order valence-electron chi connectivity index (χ0n) is 3.19. The quantitative estimate of drug-likeness (QED) is 0.534. The minimum absolute atomic E-state index is 0.403. The average molecular weight is 96.1 g/mol. The monoisotopic (exact) mass is 96.0 g/mol. The molecule has 0 fully saturated rings. The van der Waals surface area contributed by atoms with Gasteiger partial charge in [-0.05, 0) is 0 Å². The van der Waals surface area contributed by atoms with Gasteiger partial charge in [-0.1, -0.05) is 0 Å². The summed E-state index contributed by atoms with van der Waals surface area (Å²) in [5.41, 5.74) is 0. The molecule has 0 amide bonds. The van der Waals surface area contributed by atoms with E-state index >= 15 is 0 Å². The Bertz CT molecular complexity index is 30.0. The fourth-order valence-electron chi connectivity index (χ4n) is 0.0976. The second-order valence-corrected chi connectivity index (χ2v) is 0.903. The third kappa shape index (κ3) is 3.82. The molecule has 0 aliphatic carbocycles. The Hall–Kier alpha value is -0.180. The average Bonchev–Trinajstić information content (AvgIpc) is 1.35. The third-order valence-electron chi connectivity index (χ3n) is 0.347. The van der Waals surface area contributed by atoms with Crippen molar-refractivity contribution in [3.63, 3.8) is 0 Å². The second kappa shape index (κ2) is 3.03. The van der Waals surface area contributed by atoms with E-state index in [1.165, 1.54) is 0 Å². The molecule has 3 heteroatoms. The molecule has 38 valence electrons. The summed E-state index contributed by atoms with van der Waals surface area (Å²) < 4.78 is 21.8. The standard InChI is InChI=1S/C3H6F2O/c4-3(5)1-2-6/h3,6H,1-2H2. The summed E-state index contributed by atoms with van der Waals surface area (Å²) in [6.07, 6.45) is -2.75. The summed E-state index contributed by atoms with van der Waals surface area (Å²) in [5.74, 6) is 0. The van der Waals surface area contributed by atoms with Gasteiger partial charge in [-0.3, -0.25) is 0 Å². The number of aliphatic hydroxyl groups is 1. The molecule has 0 aromatic carbocycles. The normalized spacial score (nSPS) is 10.0. The molecule has 6 heavy (non-hydrogen) atoms. The van der Waals surface area contributed by atoms with Crippen molar-refractivity contribution in [1.82, 2.24) is 0 Å². The Kier molecular flexibility index (Phi) is 2.94. The fraction of sp³-hybridized carbons (Fsp3) is 1.00. The van der Waals surface area contributed by atoms with Gasteiger partial charge in [-0.15, -0.1) is 0 Å². The van der Waals surface area contributed by atoms with E-state index in [2.05, 4.69) is 0 Å². The minimum Gasteiger partial charge on any atom is -0.396 e. The maximum absolute atomic E-state index is 10.9. The number of hydrogen-bond acceptors (Lipinski definition) is 1. The van der Waals surface area contributed by atoms with E-state index in [4.69, 9.17) is 5.11 Å². The van der Waals surface area contributed by atoms with Crippen LogP contribution in [0, 0.1) is 0 Å². The van der Waals surface area contributed by atoms with Crippen LogP contribution in [0.2, 0.25) is 0 Å². The molecule has 0 heterocycles. The van der Waals surface area contributed by atoms with Gasteiger partial charge < -0.3 is 5.11 Å². The maximum Gasteiger partial charge on any atom is 0.240 e. The lowest BCUT2D eigenvalue weighted by atomic mass is 10.5. The predicted molar refractivity (Wildman–Crippen MR) is 17.7 cm³/mol. The van der Waals surface area contributed by atoms with Crippen molar-refractivity contribution in [2.45, 2.75) is 12.8 Å². The Morgan fingerprint density at radius 3 is 2.00 bits per heavy atom. The zero-order valence-corrected chi connectivity index (χ0v) is 3.19. The Labute approximate surface area is 34.6 Å². The van der Waals surface area contributed by atoms with Crippen molar-refractivity contribution in [3.05, 3.63) is 0 Å². The van der Waals surface area contributed by atoms with Crippen LogP contribution in [0.4, 0.5) is 8.78 Å². The molecule has 0 atom stereocenters. The highest BCUT2D eigenvalue weighted by atomic mass is 19.3. The number of hydrogen-bond donors (Lipinski definition) is 1. The Balaban J connectivity index is 2.63. The van der Waals surface area contributed by atoms with Gasteiger partial charge >= 0.3 is 0 Å². The highest BCUT2D eigenvalue weighted by molar-refractivity contribution is 4.32. The van der Waals surface area contributed by atoms with E-state index < -0.39 is 19.5 Å². The molecule has 0 spiro atoms. The molecular weight excluding hydrogens is 90.0 g/mol. The van der Waals surface area contributed by atoms with E-state index in [0.29, 0.717) is 0 Å². The van der Waals surface area contributed by atoms with Crippen LogP contribution in [0.5, 0.6) is 0 Å². The first kappa shape index (κ1) is 5.82. The highest BCUT2D eigenvalue weighted by Crippen LogP contribution is 1.94. The molecule has 0 aromatic rings. The Morgan fingerprint density at radius 1 is 1.50 bits per heavy atom. The van der Waals surface area contributed by atoms with Crippen molar-refractivity contribution in [3.8, 4) is 0 Å². The van der Waals surface area contributed by atoms with Crippen molar-refractivity contribution >= 4 is 0 Å². The first-order valence-electron chi connectivity index (χ1n) is 1.66. The minimum atomic E-state index is -2.35. The van der Waals surface area contributed by atoms with E-state index in [0.717, 1.165) is 0 Å². The fourth-order valence-corrected chi connectivity index (χ4v) is 0.0976. The van der Waals surface area contributed by atoms with Crippen molar-refractivity contribution < 1.29 is 13.9 Å². The van der Waals surface area contributed by atoms with Crippen molar-refractivity contribution in [2.75, 3.05) is 6.61 Å². The summed E-state index contributed by atoms with van der Waals surface area (Å²) in [6, 6.07) is 0. The maximum atomic E-state index is 10.9. The molecule has 0 aliphatic heterocycles. The molecule has 0 saturated carbocycles. The molecule has 0 radical (unpaired) electrons. The zero-order chi connectivity index (χ0) is 4.99. The topological polar surface area (TPSA) is 20.2 Å². The SMILES string of the molecule is OCCC(F)F. The predicted octanol–water partition coefficient (Wildman–Crippen LogP) is 0.634. The molecule has 0 aliphatic rings. The Morgan fingerprint density at radius 2 is 2.00 bits per heavy atom. The first-order valence-corrected chi connectivity index (χ1v) is 1.66. The number of aliphatic hydroxyl groups excluding tert-OH is 1. The summed E-state index contributed by atoms with van der Waals surface area (Å²) in [7, 11) is 0. The van der Waals surface area contributed by atoms with Crippen LogP contribution in [-0.2, 0) is 0 Å². The van der Waals surface area contributed by atoms with Crippen LogP contribution in [-0.4, -0.2) is 18.1 Å². The largest absolute Gasteiger partial charge is 0.396 e. The van der Waals surface area contributed by atoms with Crippen LogP contribution >= 0.6 is 0 Å². The number of alkyl halides is 2. The molecule has 0 unspecified atom stereocenters. The van der Waals surface area contributed by atoms with Gasteiger partial charge in [-0.2, -0.15) is 0 Å². The molecule has 0 aromatic heterocycles. The van der Waals surface area contributed by atoms with E-state index in [9.17, 15) is 8.78 Å². The molecule has 1 N–H and O–H groups in total. The first-order chi connectivity index (χ1) is 2.77. The summed E-state index contributed by atoms with van der Waals surface area (Å²) in [6.45, 7) is -0.419. The summed E-state index contributed by atoms with van der Waals surface area (Å²) in [4.78, 5) is 0. The van der Waals surface area contributed by atoms with Crippen LogP contribution in [0.25, 0.3) is 0 Å². The van der Waals surface area contributed by atoms with Gasteiger partial charge in [0.2, 0.25) is 6.43 Å². The van der Waals surface area contributed by atoms with E-state index in [1.807, 2.05) is 0 Å². The van der Waals surface area contributed by atoms with Crippen LogP contribution in [0.15, 0.2) is 0 Å². The van der Waals surface area contributed by atoms with Crippen LogP contribution < -0.4 is 0 Å². The highest BCUT2D eigenvalue weighted by Gasteiger charge is 1.96. The molecular formula is C3H6F2O. The lowest BCUT2D eigenvalue weighted by molar-refractivity contribution is 0.108. The van der Waals surface area contributed by atoms with Crippen molar-refractivity contribution in [1.29, 1.82) is 0 Å². The molecule has 0 rings (SSSR count). The molecule has 1 nitrogen and oxygen atoms in total. The van der Waals surface area contributed by atoms with Gasteiger partial charge in [-0.25, -0.2) is 8.78 Å². The lowest BCUT2D eigenvalue weighted by Gasteiger charge is -1.87. The molecule has 0 saturated heterocycles. The van der Waals surface area contributed by atoms with Gasteiger partial charge in [0.05, 0.1) is 0 Å². The van der Waals surface area contributed by atoms with Gasteiger partial charge in [0.1, 0.15) is 0 Å². The molecule has 0 bridgehead atoms. The van der Waals surface area contributed by atoms with Crippen LogP contribution in [0.3, 0.4) is 0 Å². The second-order valence-electron chi connectivity index (χ2n) is 0.903. The van der Waals surface area contributed by atoms with Crippen molar-refractivity contribution in [2.24, 2.45) is 0 Å². The van der Waals surface area contributed by atoms with E-state index in [1.54, 1.807) is 0 Å².